The molecule has 1 aromatic heterocycles. The topological polar surface area (TPSA) is 77.2 Å². The molecule has 0 aliphatic rings. The molecular formula is C18H17N3O3. The van der Waals surface area contributed by atoms with Crippen LogP contribution >= 0.6 is 0 Å². The summed E-state index contributed by atoms with van der Waals surface area (Å²) in [6.07, 6.45) is 1.26. The van der Waals surface area contributed by atoms with Crippen molar-refractivity contribution in [2.75, 3.05) is 11.9 Å². The summed E-state index contributed by atoms with van der Waals surface area (Å²) in [7, 11) is 0. The van der Waals surface area contributed by atoms with E-state index in [2.05, 4.69) is 15.5 Å². The van der Waals surface area contributed by atoms with Gasteiger partial charge in [-0.1, -0.05) is 23.8 Å². The normalized spacial score (nSPS) is 10.4. The van der Waals surface area contributed by atoms with Gasteiger partial charge in [0.1, 0.15) is 5.75 Å². The minimum Gasteiger partial charge on any atom is -0.483 e. The highest BCUT2D eigenvalue weighted by molar-refractivity contribution is 5.92. The van der Waals surface area contributed by atoms with E-state index in [0.717, 1.165) is 16.7 Å². The van der Waals surface area contributed by atoms with Crippen molar-refractivity contribution in [1.82, 2.24) is 10.2 Å². The van der Waals surface area contributed by atoms with Crippen molar-refractivity contribution in [2.24, 2.45) is 0 Å². The number of nitrogens with one attached hydrogen (secondary N) is 1. The molecule has 0 bridgehead atoms. The fourth-order valence-corrected chi connectivity index (χ4v) is 2.33. The number of amides is 1. The van der Waals surface area contributed by atoms with Gasteiger partial charge in [-0.25, -0.2) is 0 Å². The molecule has 0 aliphatic heterocycles. The van der Waals surface area contributed by atoms with Crippen molar-refractivity contribution in [3.8, 4) is 17.2 Å². The van der Waals surface area contributed by atoms with Gasteiger partial charge in [-0.15, -0.1) is 10.2 Å². The van der Waals surface area contributed by atoms with E-state index in [-0.39, 0.29) is 12.5 Å². The lowest BCUT2D eigenvalue weighted by molar-refractivity contribution is -0.118. The van der Waals surface area contributed by atoms with Crippen molar-refractivity contribution in [1.29, 1.82) is 0 Å². The molecule has 122 valence electrons. The van der Waals surface area contributed by atoms with E-state index in [9.17, 15) is 4.79 Å². The first-order chi connectivity index (χ1) is 11.6. The largest absolute Gasteiger partial charge is 0.483 e. The summed E-state index contributed by atoms with van der Waals surface area (Å²) in [5.74, 6) is 0.866. The van der Waals surface area contributed by atoms with Gasteiger partial charge in [-0.2, -0.15) is 0 Å². The molecule has 0 aliphatic carbocycles. The van der Waals surface area contributed by atoms with Crippen LogP contribution in [0.4, 0.5) is 5.69 Å². The Morgan fingerprint density at radius 3 is 2.83 bits per heavy atom. The molecule has 0 atom stereocenters. The molecule has 6 nitrogen and oxygen atoms in total. The number of benzene rings is 2. The molecule has 2 aromatic carbocycles. The Labute approximate surface area is 139 Å². The zero-order valence-electron chi connectivity index (χ0n) is 13.4. The summed E-state index contributed by atoms with van der Waals surface area (Å²) in [5, 5.41) is 10.3. The van der Waals surface area contributed by atoms with Gasteiger partial charge in [-0.3, -0.25) is 4.79 Å². The predicted molar refractivity (Wildman–Crippen MR) is 89.8 cm³/mol. The maximum atomic E-state index is 12.1. The van der Waals surface area contributed by atoms with Gasteiger partial charge in [0, 0.05) is 11.3 Å². The fourth-order valence-electron chi connectivity index (χ4n) is 2.33. The van der Waals surface area contributed by atoms with Crippen molar-refractivity contribution in [2.45, 2.75) is 13.8 Å². The third-order valence-electron chi connectivity index (χ3n) is 3.44. The van der Waals surface area contributed by atoms with Crippen LogP contribution in [0.5, 0.6) is 5.75 Å². The molecule has 0 saturated carbocycles. The van der Waals surface area contributed by atoms with Crippen LogP contribution in [0.15, 0.2) is 53.3 Å². The number of rotatable bonds is 5. The fraction of sp³-hybridized carbons (Fsp3) is 0.167. The van der Waals surface area contributed by atoms with Crippen molar-refractivity contribution >= 4 is 11.6 Å². The number of nitrogens with zero attached hydrogens (tertiary/aromatic N) is 2. The number of carbonyl (C=O) groups is 1. The highest BCUT2D eigenvalue weighted by atomic mass is 16.5. The van der Waals surface area contributed by atoms with E-state index in [4.69, 9.17) is 9.15 Å². The van der Waals surface area contributed by atoms with E-state index >= 15 is 0 Å². The van der Waals surface area contributed by atoms with Crippen LogP contribution in [0, 0.1) is 13.8 Å². The SMILES string of the molecule is Cc1ccc(OCC(=O)Nc2cccc(-c3nnco3)c2)c(C)c1. The molecule has 1 amide bonds. The minimum absolute atomic E-state index is 0.0608. The van der Waals surface area contributed by atoms with Gasteiger partial charge in [0.25, 0.3) is 5.91 Å². The summed E-state index contributed by atoms with van der Waals surface area (Å²) in [5.41, 5.74) is 3.53. The summed E-state index contributed by atoms with van der Waals surface area (Å²) in [6, 6.07) is 13.0. The van der Waals surface area contributed by atoms with E-state index in [0.29, 0.717) is 17.3 Å². The number of carbonyl (C=O) groups excluding carboxylic acids is 1. The maximum Gasteiger partial charge on any atom is 0.262 e. The van der Waals surface area contributed by atoms with E-state index < -0.39 is 0 Å². The van der Waals surface area contributed by atoms with Gasteiger partial charge in [0.05, 0.1) is 0 Å². The third kappa shape index (κ3) is 3.78. The van der Waals surface area contributed by atoms with Crippen LogP contribution in [0.25, 0.3) is 11.5 Å². The first-order valence-corrected chi connectivity index (χ1v) is 7.48. The van der Waals surface area contributed by atoms with Crippen molar-refractivity contribution < 1.29 is 13.9 Å². The summed E-state index contributed by atoms with van der Waals surface area (Å²) in [4.78, 5) is 12.1. The molecule has 6 heteroatoms. The van der Waals surface area contributed by atoms with E-state index in [1.165, 1.54) is 6.39 Å². The van der Waals surface area contributed by atoms with Gasteiger partial charge in [0.15, 0.2) is 6.61 Å². The Morgan fingerprint density at radius 1 is 1.21 bits per heavy atom. The zero-order chi connectivity index (χ0) is 16.9. The Bertz CT molecular complexity index is 844. The molecule has 0 saturated heterocycles. The smallest absolute Gasteiger partial charge is 0.262 e. The van der Waals surface area contributed by atoms with Gasteiger partial charge in [0.2, 0.25) is 12.3 Å². The summed E-state index contributed by atoms with van der Waals surface area (Å²) in [6.45, 7) is 3.91. The molecule has 24 heavy (non-hydrogen) atoms. The zero-order valence-corrected chi connectivity index (χ0v) is 13.4. The van der Waals surface area contributed by atoms with Gasteiger partial charge in [-0.05, 0) is 43.7 Å². The second-order valence-corrected chi connectivity index (χ2v) is 5.43. The van der Waals surface area contributed by atoms with Gasteiger partial charge < -0.3 is 14.5 Å². The van der Waals surface area contributed by atoms with Crippen LogP contribution in [-0.2, 0) is 4.79 Å². The minimum atomic E-state index is -0.238. The highest BCUT2D eigenvalue weighted by Gasteiger charge is 2.08. The lowest BCUT2D eigenvalue weighted by Crippen LogP contribution is -2.20. The molecular weight excluding hydrogens is 306 g/mol. The van der Waals surface area contributed by atoms with Crippen molar-refractivity contribution in [3.63, 3.8) is 0 Å². The Kier molecular flexibility index (Phi) is 4.56. The van der Waals surface area contributed by atoms with E-state index in [1.807, 2.05) is 38.1 Å². The average molecular weight is 323 g/mol. The first-order valence-electron chi connectivity index (χ1n) is 7.48. The van der Waals surface area contributed by atoms with Crippen LogP contribution in [-0.4, -0.2) is 22.7 Å². The monoisotopic (exact) mass is 323 g/mol. The number of aromatic nitrogens is 2. The quantitative estimate of drug-likeness (QED) is 0.779. The number of ether oxygens (including phenoxy) is 1. The van der Waals surface area contributed by atoms with Crippen LogP contribution in [0.2, 0.25) is 0 Å². The molecule has 1 N–H and O–H groups in total. The lowest BCUT2D eigenvalue weighted by atomic mass is 10.1. The number of hydrogen-bond acceptors (Lipinski definition) is 5. The molecule has 0 fully saturated rings. The molecule has 0 spiro atoms. The molecule has 0 unspecified atom stereocenters. The predicted octanol–water partition coefficient (Wildman–Crippen LogP) is 3.37. The second kappa shape index (κ2) is 6.95. The van der Waals surface area contributed by atoms with Crippen LogP contribution < -0.4 is 10.1 Å². The van der Waals surface area contributed by atoms with Crippen LogP contribution in [0.1, 0.15) is 11.1 Å². The van der Waals surface area contributed by atoms with Crippen molar-refractivity contribution in [3.05, 3.63) is 60.0 Å². The van der Waals surface area contributed by atoms with Crippen LogP contribution in [0.3, 0.4) is 0 Å². The third-order valence-corrected chi connectivity index (χ3v) is 3.44. The molecule has 3 aromatic rings. The summed E-state index contributed by atoms with van der Waals surface area (Å²) >= 11 is 0. The van der Waals surface area contributed by atoms with Gasteiger partial charge >= 0.3 is 0 Å². The second-order valence-electron chi connectivity index (χ2n) is 5.43. The molecule has 3 rings (SSSR count). The standard InChI is InChI=1S/C18H17N3O3/c1-12-6-7-16(13(2)8-12)23-10-17(22)20-15-5-3-4-14(9-15)18-21-19-11-24-18/h3-9,11H,10H2,1-2H3,(H,20,22). The number of hydrogen-bond donors (Lipinski definition) is 1. The number of aryl methyl sites for hydroxylation is 2. The average Bonchev–Trinajstić information content (AvgIpc) is 3.09. The Morgan fingerprint density at radius 2 is 2.08 bits per heavy atom. The molecule has 0 radical (unpaired) electrons. The highest BCUT2D eigenvalue weighted by Crippen LogP contribution is 2.21. The molecule has 1 heterocycles. The maximum absolute atomic E-state index is 12.1. The Balaban J connectivity index is 1.62. The lowest BCUT2D eigenvalue weighted by Gasteiger charge is -2.10. The summed E-state index contributed by atoms with van der Waals surface area (Å²) < 4.78 is 10.7. The Hall–Kier alpha value is -3.15. The first kappa shape index (κ1) is 15.7. The van der Waals surface area contributed by atoms with E-state index in [1.54, 1.807) is 18.2 Å². The number of anilines is 1.